The Hall–Kier alpha value is -3.27. The lowest BCUT2D eigenvalue weighted by molar-refractivity contribution is -0.144. The van der Waals surface area contributed by atoms with E-state index in [9.17, 15) is 9.59 Å². The first-order chi connectivity index (χ1) is 22.6. The van der Waals surface area contributed by atoms with Crippen molar-refractivity contribution in [1.29, 1.82) is 0 Å². The minimum Gasteiger partial charge on any atom is -0.496 e. The number of rotatable bonds is 22. The van der Waals surface area contributed by atoms with Gasteiger partial charge in [0.1, 0.15) is 22.1 Å². The van der Waals surface area contributed by atoms with Crippen LogP contribution in [0.1, 0.15) is 136 Å². The zero-order chi connectivity index (χ0) is 34.2. The quantitative estimate of drug-likeness (QED) is 0.0805. The summed E-state index contributed by atoms with van der Waals surface area (Å²) in [5.74, 6) is 0.625. The lowest BCUT2D eigenvalue weighted by Crippen LogP contribution is -2.15. The van der Waals surface area contributed by atoms with Crippen LogP contribution in [0.3, 0.4) is 0 Å². The molecule has 0 unspecified atom stereocenters. The number of aromatic nitrogens is 4. The van der Waals surface area contributed by atoms with Gasteiger partial charge in [0, 0.05) is 29.7 Å². The number of esters is 1. The second-order valence-electron chi connectivity index (χ2n) is 13.3. The Morgan fingerprint density at radius 1 is 0.830 bits per heavy atom. The molecule has 1 amide bonds. The molecule has 0 aliphatic carbocycles. The third-order valence-electron chi connectivity index (χ3n) is 8.30. The molecule has 0 aliphatic heterocycles. The lowest BCUT2D eigenvalue weighted by Gasteiger charge is -2.15. The molecule has 262 valence electrons. The van der Waals surface area contributed by atoms with Crippen LogP contribution in [-0.4, -0.2) is 52.5 Å². The average molecular weight is 674 g/mol. The Balaban J connectivity index is 1.37. The molecule has 11 heteroatoms. The molecule has 3 rings (SSSR count). The van der Waals surface area contributed by atoms with Crippen molar-refractivity contribution in [3.05, 3.63) is 22.8 Å². The summed E-state index contributed by atoms with van der Waals surface area (Å²) in [7, 11) is 3.05. The van der Waals surface area contributed by atoms with Gasteiger partial charge < -0.3 is 24.5 Å². The van der Waals surface area contributed by atoms with Gasteiger partial charge in [-0.1, -0.05) is 123 Å². The normalized spacial score (nSPS) is 11.6. The van der Waals surface area contributed by atoms with Crippen molar-refractivity contribution in [3.63, 3.8) is 0 Å². The molecule has 0 spiro atoms. The number of halogens is 1. The first-order valence-electron chi connectivity index (χ1n) is 17.5. The number of fused-ring (bicyclic) bond motifs is 1. The molecule has 2 heterocycles. The van der Waals surface area contributed by atoms with Crippen molar-refractivity contribution in [2.45, 2.75) is 136 Å². The summed E-state index contributed by atoms with van der Waals surface area (Å²) < 4.78 is 18.1. The first-order valence-corrected chi connectivity index (χ1v) is 17.8. The number of carbonyl (C=O) groups is 2. The van der Waals surface area contributed by atoms with Gasteiger partial charge in [-0.15, -0.1) is 9.73 Å². The van der Waals surface area contributed by atoms with Gasteiger partial charge >= 0.3 is 5.97 Å². The molecule has 3 aromatic rings. The summed E-state index contributed by atoms with van der Waals surface area (Å²) in [4.78, 5) is 28.1. The number of nitrogens with one attached hydrogen (secondary N) is 2. The molecule has 0 atom stereocenters. The van der Waals surface area contributed by atoms with E-state index in [1.165, 1.54) is 95.9 Å². The molecule has 0 fully saturated rings. The largest absolute Gasteiger partial charge is 0.496 e. The molecule has 0 aliphatic rings. The summed E-state index contributed by atoms with van der Waals surface area (Å²) in [5, 5.41) is 12.4. The van der Waals surface area contributed by atoms with Gasteiger partial charge in [0.15, 0.2) is 11.5 Å². The van der Waals surface area contributed by atoms with Crippen molar-refractivity contribution < 1.29 is 23.8 Å². The van der Waals surface area contributed by atoms with Crippen LogP contribution in [-0.2, 0) is 19.7 Å². The van der Waals surface area contributed by atoms with Gasteiger partial charge in [-0.25, -0.2) is 0 Å². The third-order valence-corrected chi connectivity index (χ3v) is 8.65. The maximum Gasteiger partial charge on any atom is 0.306 e. The molecule has 47 heavy (non-hydrogen) atoms. The molecular weight excluding hydrogens is 618 g/mol. The van der Waals surface area contributed by atoms with Crippen LogP contribution in [0.15, 0.2) is 12.1 Å². The second kappa shape index (κ2) is 19.5. The maximum absolute atomic E-state index is 12.7. The van der Waals surface area contributed by atoms with Gasteiger partial charge in [0.05, 0.1) is 32.9 Å². The molecule has 2 aromatic heterocycles. The van der Waals surface area contributed by atoms with Crippen LogP contribution in [0, 0.1) is 0 Å². The van der Waals surface area contributed by atoms with Gasteiger partial charge in [-0.3, -0.25) is 9.59 Å². The highest BCUT2D eigenvalue weighted by Gasteiger charge is 2.27. The summed E-state index contributed by atoms with van der Waals surface area (Å²) >= 11 is 6.61. The number of carbonyl (C=O) groups excluding carboxylic acids is 2. The molecule has 2 N–H and O–H groups in total. The molecule has 10 nitrogen and oxygen atoms in total. The molecule has 0 saturated carbocycles. The van der Waals surface area contributed by atoms with E-state index in [1.54, 1.807) is 12.1 Å². The lowest BCUT2D eigenvalue weighted by atomic mass is 9.92. The van der Waals surface area contributed by atoms with Crippen LogP contribution >= 0.6 is 11.6 Å². The van der Waals surface area contributed by atoms with Crippen LogP contribution in [0.25, 0.3) is 17.0 Å². The van der Waals surface area contributed by atoms with Gasteiger partial charge in [-0.2, -0.15) is 5.10 Å². The Morgan fingerprint density at radius 2 is 1.36 bits per heavy atom. The number of nitrogens with zero attached hydrogens (tertiary/aromatic N) is 3. The van der Waals surface area contributed by atoms with E-state index in [2.05, 4.69) is 27.4 Å². The van der Waals surface area contributed by atoms with E-state index in [0.29, 0.717) is 45.9 Å². The van der Waals surface area contributed by atoms with Crippen LogP contribution in [0.4, 0.5) is 5.69 Å². The SMILES string of the molecule is CCCCCCCCCCCCCCCCOC(=O)CCC(=O)Nc1cc(OC)c(-c2nn3nc(C(C)(C)C)c(Cl)c3[nH]2)c(OC)c1. The predicted octanol–water partition coefficient (Wildman–Crippen LogP) is 9.44. The molecular formula is C36H56ClN5O5. The van der Waals surface area contributed by atoms with Gasteiger partial charge in [-0.05, 0) is 6.42 Å². The zero-order valence-electron chi connectivity index (χ0n) is 29.4. The van der Waals surface area contributed by atoms with Crippen LogP contribution in [0.5, 0.6) is 11.5 Å². The Labute approximate surface area is 285 Å². The third kappa shape index (κ3) is 12.0. The van der Waals surface area contributed by atoms with Crippen molar-refractivity contribution in [2.24, 2.45) is 0 Å². The van der Waals surface area contributed by atoms with E-state index in [-0.39, 0.29) is 30.1 Å². The van der Waals surface area contributed by atoms with E-state index in [1.807, 2.05) is 20.8 Å². The minimum atomic E-state index is -0.364. The second-order valence-corrected chi connectivity index (χ2v) is 13.7. The Bertz CT molecular complexity index is 1390. The number of amides is 1. The van der Waals surface area contributed by atoms with E-state index < -0.39 is 0 Å². The highest BCUT2D eigenvalue weighted by Crippen LogP contribution is 2.41. The summed E-state index contributed by atoms with van der Waals surface area (Å²) in [6.07, 6.45) is 17.9. The summed E-state index contributed by atoms with van der Waals surface area (Å²) in [5.41, 5.74) is 2.07. The number of hydrogen-bond donors (Lipinski definition) is 2. The summed E-state index contributed by atoms with van der Waals surface area (Å²) in [6, 6.07) is 3.36. The highest BCUT2D eigenvalue weighted by atomic mass is 35.5. The molecule has 0 radical (unpaired) electrons. The first kappa shape index (κ1) is 38.2. The van der Waals surface area contributed by atoms with Crippen molar-refractivity contribution in [3.8, 4) is 22.9 Å². The number of anilines is 1. The smallest absolute Gasteiger partial charge is 0.306 e. The fourth-order valence-electron chi connectivity index (χ4n) is 5.60. The molecule has 1 aromatic carbocycles. The van der Waals surface area contributed by atoms with Crippen molar-refractivity contribution in [2.75, 3.05) is 26.1 Å². The summed E-state index contributed by atoms with van der Waals surface area (Å²) in [6.45, 7) is 8.76. The zero-order valence-corrected chi connectivity index (χ0v) is 30.2. The molecule has 0 bridgehead atoms. The minimum absolute atomic E-state index is 0.00788. The van der Waals surface area contributed by atoms with Gasteiger partial charge in [0.2, 0.25) is 5.91 Å². The fraction of sp³-hybridized carbons (Fsp3) is 0.667. The number of hydrogen-bond acceptors (Lipinski definition) is 7. The van der Waals surface area contributed by atoms with Gasteiger partial charge in [0.25, 0.3) is 0 Å². The number of methoxy groups -OCH3 is 2. The number of benzene rings is 1. The molecule has 0 saturated heterocycles. The van der Waals surface area contributed by atoms with Crippen LogP contribution in [0.2, 0.25) is 5.02 Å². The number of unbranched alkanes of at least 4 members (excludes halogenated alkanes) is 13. The van der Waals surface area contributed by atoms with Crippen molar-refractivity contribution >= 4 is 34.8 Å². The number of aromatic amines is 1. The van der Waals surface area contributed by atoms with Crippen LogP contribution < -0.4 is 14.8 Å². The van der Waals surface area contributed by atoms with E-state index >= 15 is 0 Å². The fourth-order valence-corrected chi connectivity index (χ4v) is 6.04. The number of H-pyrrole nitrogens is 1. The Morgan fingerprint density at radius 3 is 1.85 bits per heavy atom. The van der Waals surface area contributed by atoms with E-state index in [0.717, 1.165) is 18.5 Å². The Kier molecular flexibility index (Phi) is 15.9. The highest BCUT2D eigenvalue weighted by molar-refractivity contribution is 6.34. The maximum atomic E-state index is 12.7. The van der Waals surface area contributed by atoms with Crippen molar-refractivity contribution in [1.82, 2.24) is 19.8 Å². The monoisotopic (exact) mass is 673 g/mol. The standard InChI is InChI=1S/C36H56ClN5O5/c1-7-8-9-10-11-12-13-14-15-16-17-18-19-20-23-47-30(44)22-21-29(43)38-26-24-27(45-5)31(28(25-26)46-6)34-39-35-32(37)33(36(2,3)4)40-42(35)41-34/h24-25H,7-23H2,1-6H3,(H,38,43)(H,39,41). The predicted molar refractivity (Wildman–Crippen MR) is 189 cm³/mol. The number of ether oxygens (including phenoxy) is 3. The topological polar surface area (TPSA) is 120 Å². The van der Waals surface area contributed by atoms with E-state index in [4.69, 9.17) is 25.8 Å². The average Bonchev–Trinajstić information content (AvgIpc) is 3.60.